The molecule has 7 heteroatoms. The van der Waals surface area contributed by atoms with Crippen molar-refractivity contribution in [2.24, 2.45) is 5.92 Å². The van der Waals surface area contributed by atoms with Gasteiger partial charge in [-0.05, 0) is 50.9 Å². The van der Waals surface area contributed by atoms with Gasteiger partial charge in [-0.15, -0.1) is 5.10 Å². The molecule has 2 aromatic rings. The van der Waals surface area contributed by atoms with Gasteiger partial charge in [0, 0.05) is 13.1 Å². The molecule has 108 valence electrons. The number of piperidine rings is 1. The molecule has 0 spiro atoms. The molecule has 2 aromatic heterocycles. The quantitative estimate of drug-likeness (QED) is 0.836. The molecule has 3 rings (SSSR count). The average Bonchev–Trinajstić information content (AvgIpc) is 2.87. The minimum atomic E-state index is -0.292. The third-order valence-electron chi connectivity index (χ3n) is 3.90. The van der Waals surface area contributed by atoms with Crippen molar-refractivity contribution in [3.05, 3.63) is 22.6 Å². The molecule has 0 amide bonds. The molecule has 0 aliphatic carbocycles. The van der Waals surface area contributed by atoms with Gasteiger partial charge in [-0.1, -0.05) is 0 Å². The summed E-state index contributed by atoms with van der Waals surface area (Å²) in [5.41, 5.74) is 0.261. The van der Waals surface area contributed by atoms with Crippen LogP contribution >= 0.6 is 0 Å². The van der Waals surface area contributed by atoms with Crippen molar-refractivity contribution >= 4 is 11.5 Å². The van der Waals surface area contributed by atoms with E-state index >= 15 is 0 Å². The Kier molecular flexibility index (Phi) is 3.68. The fourth-order valence-corrected chi connectivity index (χ4v) is 2.72. The summed E-state index contributed by atoms with van der Waals surface area (Å²) < 4.78 is 1.32. The number of rotatable bonds is 4. The Bertz CT molecular complexity index is 627. The third-order valence-corrected chi connectivity index (χ3v) is 3.90. The van der Waals surface area contributed by atoms with Gasteiger partial charge < -0.3 is 10.2 Å². The Morgan fingerprint density at radius 1 is 1.40 bits per heavy atom. The van der Waals surface area contributed by atoms with E-state index in [0.29, 0.717) is 11.6 Å². The number of H-pyrrole nitrogens is 1. The number of aromatic amines is 1. The molecule has 7 nitrogen and oxygen atoms in total. The highest BCUT2D eigenvalue weighted by Gasteiger charge is 2.17. The van der Waals surface area contributed by atoms with Gasteiger partial charge in [0.1, 0.15) is 5.82 Å². The molecule has 0 saturated carbocycles. The van der Waals surface area contributed by atoms with Crippen molar-refractivity contribution in [2.75, 3.05) is 31.1 Å². The highest BCUT2D eigenvalue weighted by molar-refractivity contribution is 5.44. The van der Waals surface area contributed by atoms with E-state index in [1.54, 1.807) is 0 Å². The topological polar surface area (TPSA) is 78.3 Å². The fourth-order valence-electron chi connectivity index (χ4n) is 2.72. The van der Waals surface area contributed by atoms with Crippen LogP contribution in [0.4, 0.5) is 5.82 Å². The number of nitrogens with one attached hydrogen (secondary N) is 2. The second kappa shape index (κ2) is 5.62. The maximum Gasteiger partial charge on any atom is 0.364 e. The van der Waals surface area contributed by atoms with E-state index in [9.17, 15) is 4.79 Å². The van der Waals surface area contributed by atoms with E-state index in [1.165, 1.54) is 17.4 Å². The summed E-state index contributed by atoms with van der Waals surface area (Å²) in [5, 5.41) is 14.1. The molecule has 20 heavy (non-hydrogen) atoms. The van der Waals surface area contributed by atoms with E-state index in [4.69, 9.17) is 0 Å². The zero-order valence-corrected chi connectivity index (χ0v) is 11.7. The average molecular weight is 276 g/mol. The van der Waals surface area contributed by atoms with Crippen molar-refractivity contribution < 1.29 is 0 Å². The SMILES string of the molecule is CCN(CC1CCNCC1)c1ccc2n[nH]c(=O)n2n1. The van der Waals surface area contributed by atoms with Gasteiger partial charge in [0.05, 0.1) is 0 Å². The molecule has 3 heterocycles. The molecular weight excluding hydrogens is 256 g/mol. The number of nitrogens with zero attached hydrogens (tertiary/aromatic N) is 4. The first-order valence-electron chi connectivity index (χ1n) is 7.18. The maximum atomic E-state index is 11.6. The Labute approximate surface area is 117 Å². The van der Waals surface area contributed by atoms with E-state index < -0.39 is 0 Å². The zero-order valence-electron chi connectivity index (χ0n) is 11.7. The summed E-state index contributed by atoms with van der Waals surface area (Å²) in [7, 11) is 0. The highest BCUT2D eigenvalue weighted by atomic mass is 16.2. The molecule has 2 N–H and O–H groups in total. The molecule has 1 fully saturated rings. The predicted octanol–water partition coefficient (Wildman–Crippen LogP) is 0.244. The van der Waals surface area contributed by atoms with Crippen molar-refractivity contribution in [3.8, 4) is 0 Å². The Morgan fingerprint density at radius 3 is 2.95 bits per heavy atom. The molecule has 0 radical (unpaired) electrons. The van der Waals surface area contributed by atoms with Crippen LogP contribution in [0.1, 0.15) is 19.8 Å². The lowest BCUT2D eigenvalue weighted by Gasteiger charge is -2.29. The van der Waals surface area contributed by atoms with Crippen molar-refractivity contribution in [2.45, 2.75) is 19.8 Å². The van der Waals surface area contributed by atoms with Gasteiger partial charge in [0.25, 0.3) is 0 Å². The van der Waals surface area contributed by atoms with Crippen molar-refractivity contribution in [3.63, 3.8) is 0 Å². The van der Waals surface area contributed by atoms with Gasteiger partial charge >= 0.3 is 5.69 Å². The predicted molar refractivity (Wildman–Crippen MR) is 77.1 cm³/mol. The number of aromatic nitrogens is 4. The minimum absolute atomic E-state index is 0.292. The largest absolute Gasteiger partial charge is 0.364 e. The normalized spacial score (nSPS) is 16.6. The molecule has 0 bridgehead atoms. The molecule has 0 unspecified atom stereocenters. The monoisotopic (exact) mass is 276 g/mol. The van der Waals surface area contributed by atoms with Crippen LogP contribution in [0.25, 0.3) is 5.65 Å². The summed E-state index contributed by atoms with van der Waals surface area (Å²) in [4.78, 5) is 13.8. The molecule has 0 aromatic carbocycles. The lowest BCUT2D eigenvalue weighted by molar-refractivity contribution is 0.374. The number of hydrogen-bond donors (Lipinski definition) is 2. The summed E-state index contributed by atoms with van der Waals surface area (Å²) in [6.45, 7) is 6.18. The van der Waals surface area contributed by atoms with Crippen LogP contribution in [0.5, 0.6) is 0 Å². The van der Waals surface area contributed by atoms with E-state index in [-0.39, 0.29) is 5.69 Å². The van der Waals surface area contributed by atoms with Gasteiger partial charge in [-0.25, -0.2) is 9.89 Å². The highest BCUT2D eigenvalue weighted by Crippen LogP contribution is 2.17. The van der Waals surface area contributed by atoms with Gasteiger partial charge in [-0.2, -0.15) is 9.61 Å². The van der Waals surface area contributed by atoms with Crippen molar-refractivity contribution in [1.82, 2.24) is 25.1 Å². The Balaban J connectivity index is 1.82. The molecule has 1 aliphatic heterocycles. The van der Waals surface area contributed by atoms with Crippen LogP contribution in [-0.2, 0) is 0 Å². The second-order valence-electron chi connectivity index (χ2n) is 5.22. The molecular formula is C13H20N6O. The van der Waals surface area contributed by atoms with Gasteiger partial charge in [-0.3, -0.25) is 0 Å². The Morgan fingerprint density at radius 2 is 2.20 bits per heavy atom. The summed E-state index contributed by atoms with van der Waals surface area (Å²) in [6, 6.07) is 3.76. The number of fused-ring (bicyclic) bond motifs is 1. The molecule has 1 saturated heterocycles. The van der Waals surface area contributed by atoms with E-state index in [2.05, 4.69) is 32.4 Å². The fraction of sp³-hybridized carbons (Fsp3) is 0.615. The zero-order chi connectivity index (χ0) is 13.9. The summed E-state index contributed by atoms with van der Waals surface area (Å²) in [6.07, 6.45) is 2.40. The first-order chi connectivity index (χ1) is 9.78. The molecule has 1 aliphatic rings. The van der Waals surface area contributed by atoms with Crippen molar-refractivity contribution in [1.29, 1.82) is 0 Å². The van der Waals surface area contributed by atoms with Crippen LogP contribution in [0.15, 0.2) is 16.9 Å². The molecule has 0 atom stereocenters. The standard InChI is InChI=1S/C13H20N6O/c1-2-18(9-10-5-7-14-8-6-10)12-4-3-11-15-16-13(20)19(11)17-12/h3-4,10,14H,2,5-9H2,1H3,(H,16,20). The van der Waals surface area contributed by atoms with Crippen LogP contribution in [0, 0.1) is 5.92 Å². The second-order valence-corrected chi connectivity index (χ2v) is 5.22. The lowest BCUT2D eigenvalue weighted by atomic mass is 9.97. The number of anilines is 1. The summed E-state index contributed by atoms with van der Waals surface area (Å²) >= 11 is 0. The smallest absolute Gasteiger partial charge is 0.355 e. The summed E-state index contributed by atoms with van der Waals surface area (Å²) in [5.74, 6) is 1.52. The first kappa shape index (κ1) is 13.1. The van der Waals surface area contributed by atoms with Gasteiger partial charge in [0.15, 0.2) is 5.65 Å². The first-order valence-corrected chi connectivity index (χ1v) is 7.18. The Hall–Kier alpha value is -1.89. The lowest BCUT2D eigenvalue weighted by Crippen LogP contribution is -2.36. The van der Waals surface area contributed by atoms with E-state index in [1.807, 2.05) is 12.1 Å². The minimum Gasteiger partial charge on any atom is -0.355 e. The number of hydrogen-bond acceptors (Lipinski definition) is 5. The third kappa shape index (κ3) is 2.53. The van der Waals surface area contributed by atoms with Crippen LogP contribution in [0.2, 0.25) is 0 Å². The van der Waals surface area contributed by atoms with Gasteiger partial charge in [0.2, 0.25) is 0 Å². The maximum absolute atomic E-state index is 11.6. The van der Waals surface area contributed by atoms with Crippen LogP contribution in [-0.4, -0.2) is 46.0 Å². The van der Waals surface area contributed by atoms with Crippen LogP contribution < -0.4 is 15.9 Å². The van der Waals surface area contributed by atoms with Crippen LogP contribution in [0.3, 0.4) is 0 Å². The van der Waals surface area contributed by atoms with E-state index in [0.717, 1.165) is 32.0 Å².